The average molecular weight is 313 g/mol. The highest BCUT2D eigenvalue weighted by Gasteiger charge is 2.35. The smallest absolute Gasteiger partial charge is 0.414 e. The first-order chi connectivity index (χ1) is 6.57. The zero-order valence-corrected chi connectivity index (χ0v) is 9.17. The number of rotatable bonds is 2. The molecule has 4 nitrogen and oxygen atoms in total. The fourth-order valence-corrected chi connectivity index (χ4v) is 0.143. The van der Waals surface area contributed by atoms with Crippen LogP contribution in [0.25, 0.3) is 0 Å². The Hall–Kier alpha value is -0.760. The number of carbonyl (C=O) groups is 2. The van der Waals surface area contributed by atoms with E-state index in [0.29, 0.717) is 12.2 Å². The lowest BCUT2D eigenvalue weighted by Gasteiger charge is -2.03. The van der Waals surface area contributed by atoms with Gasteiger partial charge in [0.15, 0.2) is 4.29 Å². The number of hydrogen-bond donors (Lipinski definition) is 2. The van der Waals surface area contributed by atoms with Gasteiger partial charge in [-0.25, -0.2) is 9.59 Å². The fourth-order valence-electron chi connectivity index (χ4n) is 0.143. The topological polar surface area (TPSA) is 74.6 Å². The SMILES string of the molecule is FC(F)(F)C(Cl)Br.O=C(O)/C=C\C(=O)O. The van der Waals surface area contributed by atoms with Gasteiger partial charge in [0.2, 0.25) is 0 Å². The van der Waals surface area contributed by atoms with Crippen LogP contribution >= 0.6 is 27.5 Å². The van der Waals surface area contributed by atoms with Crippen molar-refractivity contribution in [2.45, 2.75) is 10.5 Å². The molecule has 0 saturated carbocycles. The molecule has 0 spiro atoms. The van der Waals surface area contributed by atoms with Crippen molar-refractivity contribution in [3.05, 3.63) is 12.2 Å². The molecule has 0 rings (SSSR count). The molecule has 0 aliphatic rings. The van der Waals surface area contributed by atoms with Crippen LogP contribution in [0.5, 0.6) is 0 Å². The lowest BCUT2D eigenvalue weighted by molar-refractivity contribution is -0.134. The van der Waals surface area contributed by atoms with Crippen LogP contribution in [0.4, 0.5) is 13.2 Å². The first kappa shape index (κ1) is 16.7. The highest BCUT2D eigenvalue weighted by molar-refractivity contribution is 9.10. The molecule has 1 atom stereocenters. The van der Waals surface area contributed by atoms with E-state index in [0.717, 1.165) is 0 Å². The minimum Gasteiger partial charge on any atom is -0.478 e. The van der Waals surface area contributed by atoms with Crippen LogP contribution in [-0.4, -0.2) is 32.6 Å². The third-order valence-electron chi connectivity index (χ3n) is 0.616. The van der Waals surface area contributed by atoms with Crippen LogP contribution in [0, 0.1) is 0 Å². The second kappa shape index (κ2) is 7.52. The van der Waals surface area contributed by atoms with E-state index < -0.39 is 22.4 Å². The molecule has 0 saturated heterocycles. The van der Waals surface area contributed by atoms with Crippen molar-refractivity contribution >= 4 is 39.5 Å². The Morgan fingerprint density at radius 3 is 1.47 bits per heavy atom. The molecule has 0 fully saturated rings. The summed E-state index contributed by atoms with van der Waals surface area (Å²) < 4.78 is 31.1. The Kier molecular flexibility index (Phi) is 8.35. The molecule has 0 radical (unpaired) electrons. The van der Waals surface area contributed by atoms with Crippen LogP contribution in [0.3, 0.4) is 0 Å². The number of aliphatic carboxylic acids is 2. The number of hydrogen-bond acceptors (Lipinski definition) is 2. The molecule has 0 amide bonds. The van der Waals surface area contributed by atoms with Crippen molar-refractivity contribution in [1.82, 2.24) is 0 Å². The Labute approximate surface area is 95.5 Å². The molecular weight excluding hydrogens is 308 g/mol. The summed E-state index contributed by atoms with van der Waals surface area (Å²) in [5.74, 6) is -2.51. The molecule has 9 heteroatoms. The normalized spacial score (nSPS) is 12.9. The van der Waals surface area contributed by atoms with Gasteiger partial charge < -0.3 is 10.2 Å². The maximum absolute atomic E-state index is 11.0. The van der Waals surface area contributed by atoms with Crippen molar-refractivity contribution in [1.29, 1.82) is 0 Å². The van der Waals surface area contributed by atoms with E-state index in [9.17, 15) is 22.8 Å². The molecular formula is C6H5BrClF3O4. The van der Waals surface area contributed by atoms with Gasteiger partial charge in [0, 0.05) is 12.2 Å². The summed E-state index contributed by atoms with van der Waals surface area (Å²) >= 11 is 6.68. The molecule has 0 bridgehead atoms. The van der Waals surface area contributed by atoms with E-state index in [2.05, 4.69) is 27.5 Å². The maximum atomic E-state index is 11.0. The molecule has 2 N–H and O–H groups in total. The molecule has 88 valence electrons. The third-order valence-corrected chi connectivity index (χ3v) is 1.38. The first-order valence-electron chi connectivity index (χ1n) is 3.06. The number of carboxylic acids is 2. The predicted octanol–water partition coefficient (Wildman–Crippen LogP) is 2.22. The van der Waals surface area contributed by atoms with Crippen molar-refractivity contribution in [2.75, 3.05) is 0 Å². The number of halogens is 5. The highest BCUT2D eigenvalue weighted by Crippen LogP contribution is 2.28. The Morgan fingerprint density at radius 2 is 1.40 bits per heavy atom. The number of carboxylic acid groups (broad SMARTS) is 2. The average Bonchev–Trinajstić information content (AvgIpc) is 2.00. The summed E-state index contributed by atoms with van der Waals surface area (Å²) in [4.78, 5) is 19.1. The Bertz CT molecular complexity index is 235. The van der Waals surface area contributed by atoms with Crippen LogP contribution in [0.15, 0.2) is 12.2 Å². The summed E-state index contributed by atoms with van der Waals surface area (Å²) in [5, 5.41) is 15.6. The van der Waals surface area contributed by atoms with E-state index in [-0.39, 0.29) is 0 Å². The molecule has 0 aliphatic carbocycles. The van der Waals surface area contributed by atoms with Gasteiger partial charge in [-0.05, 0) is 0 Å². The van der Waals surface area contributed by atoms with Crippen LogP contribution in [0.2, 0.25) is 0 Å². The molecule has 0 aromatic rings. The Morgan fingerprint density at radius 1 is 1.20 bits per heavy atom. The lowest BCUT2D eigenvalue weighted by atomic mass is 10.5. The second-order valence-electron chi connectivity index (χ2n) is 1.85. The monoisotopic (exact) mass is 312 g/mol. The minimum absolute atomic E-state index is 0.558. The van der Waals surface area contributed by atoms with E-state index in [1.807, 2.05) is 0 Å². The minimum atomic E-state index is -4.32. The highest BCUT2D eigenvalue weighted by atomic mass is 79.9. The number of alkyl halides is 5. The third kappa shape index (κ3) is 16.0. The zero-order chi connectivity index (χ0) is 12.6. The van der Waals surface area contributed by atoms with Crippen molar-refractivity contribution < 1.29 is 33.0 Å². The second-order valence-corrected chi connectivity index (χ2v) is 3.73. The van der Waals surface area contributed by atoms with Crippen molar-refractivity contribution in [3.8, 4) is 0 Å². The fraction of sp³-hybridized carbons (Fsp3) is 0.333. The molecule has 0 heterocycles. The summed E-state index contributed by atoms with van der Waals surface area (Å²) in [6.07, 6.45) is -3.20. The van der Waals surface area contributed by atoms with E-state index in [1.54, 1.807) is 0 Å². The van der Waals surface area contributed by atoms with Crippen molar-refractivity contribution in [3.63, 3.8) is 0 Å². The van der Waals surface area contributed by atoms with Crippen LogP contribution in [0.1, 0.15) is 0 Å². The van der Waals surface area contributed by atoms with Gasteiger partial charge in [0.1, 0.15) is 0 Å². The van der Waals surface area contributed by atoms with Gasteiger partial charge in [0.25, 0.3) is 0 Å². The van der Waals surface area contributed by atoms with E-state index in [4.69, 9.17) is 10.2 Å². The maximum Gasteiger partial charge on any atom is 0.414 e. The van der Waals surface area contributed by atoms with Gasteiger partial charge in [-0.2, -0.15) is 13.2 Å². The molecule has 0 aromatic heterocycles. The van der Waals surface area contributed by atoms with Crippen LogP contribution < -0.4 is 0 Å². The van der Waals surface area contributed by atoms with Gasteiger partial charge in [-0.1, -0.05) is 15.9 Å². The van der Waals surface area contributed by atoms with Gasteiger partial charge in [-0.15, -0.1) is 11.6 Å². The van der Waals surface area contributed by atoms with Gasteiger partial charge in [0.05, 0.1) is 0 Å². The summed E-state index contributed by atoms with van der Waals surface area (Å²) in [6, 6.07) is 0. The Balaban J connectivity index is 0. The molecule has 0 aromatic carbocycles. The van der Waals surface area contributed by atoms with E-state index in [1.165, 1.54) is 0 Å². The standard InChI is InChI=1S/C4H4O4.C2HBrClF3/c5-3(6)1-2-4(7)8;3-1(4)2(5,6)7/h1-2H,(H,5,6)(H,7,8);1H/b2-1-;. The van der Waals surface area contributed by atoms with Gasteiger partial charge in [-0.3, -0.25) is 0 Å². The quantitative estimate of drug-likeness (QED) is 0.605. The molecule has 15 heavy (non-hydrogen) atoms. The largest absolute Gasteiger partial charge is 0.478 e. The molecule has 0 aliphatic heterocycles. The van der Waals surface area contributed by atoms with Crippen molar-refractivity contribution in [2.24, 2.45) is 0 Å². The van der Waals surface area contributed by atoms with Gasteiger partial charge >= 0.3 is 18.1 Å². The predicted molar refractivity (Wildman–Crippen MR) is 49.0 cm³/mol. The summed E-state index contributed by atoms with van der Waals surface area (Å²) in [7, 11) is 0. The molecule has 1 unspecified atom stereocenters. The first-order valence-corrected chi connectivity index (χ1v) is 4.41. The summed E-state index contributed by atoms with van der Waals surface area (Å²) in [6.45, 7) is 0. The van der Waals surface area contributed by atoms with E-state index >= 15 is 0 Å². The van der Waals surface area contributed by atoms with Crippen LogP contribution in [-0.2, 0) is 9.59 Å². The summed E-state index contributed by atoms with van der Waals surface area (Å²) in [5.41, 5.74) is 0. The lowest BCUT2D eigenvalue weighted by Crippen LogP contribution is -2.16. The zero-order valence-electron chi connectivity index (χ0n) is 6.83.